The average molecular weight is 156 g/mol. The van der Waals surface area contributed by atoms with E-state index in [0.29, 0.717) is 5.41 Å². The molecule has 66 valence electrons. The first kappa shape index (κ1) is 9.01. The Morgan fingerprint density at radius 2 is 2.00 bits per heavy atom. The molecule has 0 amide bonds. The Hall–Kier alpha value is -0.0800. The van der Waals surface area contributed by atoms with E-state index in [4.69, 9.17) is 5.73 Å². The predicted octanol–water partition coefficient (Wildman–Crippen LogP) is 1.11. The first-order valence-electron chi connectivity index (χ1n) is 4.57. The Labute approximate surface area is 69.5 Å². The van der Waals surface area contributed by atoms with Gasteiger partial charge in [-0.3, -0.25) is 0 Å². The molecule has 0 bridgehead atoms. The summed E-state index contributed by atoms with van der Waals surface area (Å²) in [5, 5.41) is 3.32. The van der Waals surface area contributed by atoms with Crippen molar-refractivity contribution >= 4 is 0 Å². The third-order valence-corrected chi connectivity index (χ3v) is 3.09. The molecule has 2 heteroatoms. The molecule has 0 unspecified atom stereocenters. The molecule has 1 aliphatic rings. The molecule has 0 spiro atoms. The Balaban J connectivity index is 2.35. The second-order valence-electron chi connectivity index (χ2n) is 4.08. The third-order valence-electron chi connectivity index (χ3n) is 3.09. The lowest BCUT2D eigenvalue weighted by molar-refractivity contribution is 0.197. The van der Waals surface area contributed by atoms with Crippen LogP contribution in [0.4, 0.5) is 0 Å². The number of nitrogens with one attached hydrogen (secondary N) is 1. The maximum Gasteiger partial charge on any atom is 0.00644 e. The molecule has 1 aliphatic carbocycles. The third kappa shape index (κ3) is 2.17. The molecule has 11 heavy (non-hydrogen) atoms. The van der Waals surface area contributed by atoms with Gasteiger partial charge in [0.05, 0.1) is 0 Å². The summed E-state index contributed by atoms with van der Waals surface area (Å²) in [5.74, 6) is 0. The highest BCUT2D eigenvalue weighted by Crippen LogP contribution is 2.34. The van der Waals surface area contributed by atoms with Crippen LogP contribution in [0, 0.1) is 5.41 Å². The minimum Gasteiger partial charge on any atom is -0.330 e. The number of hydrogen-bond donors (Lipinski definition) is 2. The standard InChI is InChI=1S/C9H20N2/c1-9(7-10)5-3-8(11-2)4-6-9/h8,11H,3-7,10H2,1-2H3. The lowest BCUT2D eigenvalue weighted by Gasteiger charge is -2.36. The molecule has 1 rings (SSSR count). The molecule has 1 saturated carbocycles. The Kier molecular flexibility index (Phi) is 2.90. The van der Waals surface area contributed by atoms with Gasteiger partial charge in [-0.15, -0.1) is 0 Å². The van der Waals surface area contributed by atoms with Crippen LogP contribution in [0.5, 0.6) is 0 Å². The topological polar surface area (TPSA) is 38.0 Å². The first-order chi connectivity index (χ1) is 5.20. The van der Waals surface area contributed by atoms with Crippen molar-refractivity contribution < 1.29 is 0 Å². The van der Waals surface area contributed by atoms with Crippen molar-refractivity contribution in [1.29, 1.82) is 0 Å². The van der Waals surface area contributed by atoms with Gasteiger partial charge in [0.25, 0.3) is 0 Å². The van der Waals surface area contributed by atoms with Crippen LogP contribution >= 0.6 is 0 Å². The molecular weight excluding hydrogens is 136 g/mol. The van der Waals surface area contributed by atoms with E-state index in [2.05, 4.69) is 19.3 Å². The zero-order valence-corrected chi connectivity index (χ0v) is 7.69. The highest BCUT2D eigenvalue weighted by Gasteiger charge is 2.28. The van der Waals surface area contributed by atoms with E-state index < -0.39 is 0 Å². The van der Waals surface area contributed by atoms with E-state index in [0.717, 1.165) is 12.6 Å². The Morgan fingerprint density at radius 3 is 2.36 bits per heavy atom. The molecule has 0 aromatic rings. The van der Waals surface area contributed by atoms with Crippen LogP contribution < -0.4 is 11.1 Å². The predicted molar refractivity (Wildman–Crippen MR) is 48.5 cm³/mol. The lowest BCUT2D eigenvalue weighted by Crippen LogP contribution is -2.38. The van der Waals surface area contributed by atoms with E-state index in [9.17, 15) is 0 Å². The largest absolute Gasteiger partial charge is 0.330 e. The second-order valence-corrected chi connectivity index (χ2v) is 4.08. The molecular formula is C9H20N2. The van der Waals surface area contributed by atoms with Crippen molar-refractivity contribution in [3.05, 3.63) is 0 Å². The summed E-state index contributed by atoms with van der Waals surface area (Å²) < 4.78 is 0. The highest BCUT2D eigenvalue weighted by molar-refractivity contribution is 4.84. The van der Waals surface area contributed by atoms with Crippen molar-refractivity contribution in [2.75, 3.05) is 13.6 Å². The Bertz CT molecular complexity index is 115. The van der Waals surface area contributed by atoms with Crippen LogP contribution in [0.25, 0.3) is 0 Å². The van der Waals surface area contributed by atoms with Crippen molar-refractivity contribution in [3.63, 3.8) is 0 Å². The van der Waals surface area contributed by atoms with Gasteiger partial charge in [-0.25, -0.2) is 0 Å². The smallest absolute Gasteiger partial charge is 0.00644 e. The van der Waals surface area contributed by atoms with Crippen LogP contribution in [-0.4, -0.2) is 19.6 Å². The second kappa shape index (κ2) is 3.55. The number of hydrogen-bond acceptors (Lipinski definition) is 2. The van der Waals surface area contributed by atoms with Crippen LogP contribution in [0.1, 0.15) is 32.6 Å². The van der Waals surface area contributed by atoms with Gasteiger partial charge in [0.15, 0.2) is 0 Å². The highest BCUT2D eigenvalue weighted by atomic mass is 14.9. The minimum atomic E-state index is 0.438. The maximum absolute atomic E-state index is 5.70. The summed E-state index contributed by atoms with van der Waals surface area (Å²) >= 11 is 0. The van der Waals surface area contributed by atoms with Gasteiger partial charge in [0.1, 0.15) is 0 Å². The summed E-state index contributed by atoms with van der Waals surface area (Å²) in [6.45, 7) is 3.16. The van der Waals surface area contributed by atoms with Crippen molar-refractivity contribution in [2.24, 2.45) is 11.1 Å². The molecule has 3 N–H and O–H groups in total. The molecule has 2 nitrogen and oxygen atoms in total. The molecule has 0 aromatic carbocycles. The molecule has 0 saturated heterocycles. The molecule has 0 aliphatic heterocycles. The summed E-state index contributed by atoms with van der Waals surface area (Å²) in [6.07, 6.45) is 5.17. The van der Waals surface area contributed by atoms with Crippen LogP contribution in [0.3, 0.4) is 0 Å². The van der Waals surface area contributed by atoms with Gasteiger partial charge in [-0.1, -0.05) is 6.92 Å². The monoisotopic (exact) mass is 156 g/mol. The number of rotatable bonds is 2. The molecule has 0 radical (unpaired) electrons. The summed E-state index contributed by atoms with van der Waals surface area (Å²) in [7, 11) is 2.05. The fourth-order valence-corrected chi connectivity index (χ4v) is 1.81. The van der Waals surface area contributed by atoms with E-state index in [1.165, 1.54) is 25.7 Å². The van der Waals surface area contributed by atoms with Gasteiger partial charge < -0.3 is 11.1 Å². The molecule has 0 heterocycles. The van der Waals surface area contributed by atoms with Gasteiger partial charge in [0.2, 0.25) is 0 Å². The van der Waals surface area contributed by atoms with E-state index >= 15 is 0 Å². The van der Waals surface area contributed by atoms with Gasteiger partial charge in [-0.2, -0.15) is 0 Å². The Morgan fingerprint density at radius 1 is 1.45 bits per heavy atom. The van der Waals surface area contributed by atoms with Gasteiger partial charge >= 0.3 is 0 Å². The quantitative estimate of drug-likeness (QED) is 0.628. The molecule has 0 atom stereocenters. The average Bonchev–Trinajstić information content (AvgIpc) is 2.06. The lowest BCUT2D eigenvalue weighted by atomic mass is 9.74. The fraction of sp³-hybridized carbons (Fsp3) is 1.00. The van der Waals surface area contributed by atoms with Gasteiger partial charge in [-0.05, 0) is 44.7 Å². The summed E-state index contributed by atoms with van der Waals surface area (Å²) in [4.78, 5) is 0. The van der Waals surface area contributed by atoms with Crippen molar-refractivity contribution in [1.82, 2.24) is 5.32 Å². The SMILES string of the molecule is CNC1CCC(C)(CN)CC1. The zero-order chi connectivity index (χ0) is 8.32. The van der Waals surface area contributed by atoms with Crippen LogP contribution in [0.15, 0.2) is 0 Å². The molecule has 0 aromatic heterocycles. The maximum atomic E-state index is 5.70. The van der Waals surface area contributed by atoms with Crippen LogP contribution in [-0.2, 0) is 0 Å². The van der Waals surface area contributed by atoms with E-state index in [-0.39, 0.29) is 0 Å². The zero-order valence-electron chi connectivity index (χ0n) is 7.69. The van der Waals surface area contributed by atoms with Crippen LogP contribution in [0.2, 0.25) is 0 Å². The van der Waals surface area contributed by atoms with Crippen molar-refractivity contribution in [3.8, 4) is 0 Å². The van der Waals surface area contributed by atoms with Gasteiger partial charge in [0, 0.05) is 6.04 Å². The number of nitrogens with two attached hydrogens (primary N) is 1. The summed E-state index contributed by atoms with van der Waals surface area (Å²) in [6, 6.07) is 0.745. The van der Waals surface area contributed by atoms with E-state index in [1.807, 2.05) is 0 Å². The first-order valence-corrected chi connectivity index (χ1v) is 4.57. The fourth-order valence-electron chi connectivity index (χ4n) is 1.81. The van der Waals surface area contributed by atoms with E-state index in [1.54, 1.807) is 0 Å². The minimum absolute atomic E-state index is 0.438. The normalized spacial score (nSPS) is 39.0. The van der Waals surface area contributed by atoms with Crippen molar-refractivity contribution in [2.45, 2.75) is 38.6 Å². The molecule has 1 fully saturated rings. The summed E-state index contributed by atoms with van der Waals surface area (Å²) in [5.41, 5.74) is 6.14.